The van der Waals surface area contributed by atoms with Crippen LogP contribution in [0.2, 0.25) is 0 Å². The van der Waals surface area contributed by atoms with Crippen LogP contribution in [-0.2, 0) is 4.79 Å². The molecule has 0 saturated heterocycles. The van der Waals surface area contributed by atoms with E-state index in [9.17, 15) is 4.79 Å². The van der Waals surface area contributed by atoms with E-state index in [1.54, 1.807) is 0 Å². The Kier molecular flexibility index (Phi) is 5.82. The summed E-state index contributed by atoms with van der Waals surface area (Å²) in [6.07, 6.45) is 6.53. The molecule has 0 N–H and O–H groups in total. The quantitative estimate of drug-likeness (QED) is 0.535. The Balaban J connectivity index is 2.79. The van der Waals surface area contributed by atoms with Gasteiger partial charge in [-0.05, 0) is 42.9 Å². The molecule has 110 valence electrons. The minimum Gasteiger partial charge on any atom is -0.299 e. The molecule has 0 amide bonds. The third-order valence-corrected chi connectivity index (χ3v) is 5.18. The van der Waals surface area contributed by atoms with Crippen molar-refractivity contribution in [1.29, 1.82) is 0 Å². The summed E-state index contributed by atoms with van der Waals surface area (Å²) in [6, 6.07) is 0. The number of Topliss-reactive ketones (excluding diaryl/α,β-unsaturated/α-hetero) is 1. The molecule has 19 heavy (non-hydrogen) atoms. The third-order valence-electron chi connectivity index (χ3n) is 5.18. The monoisotopic (exact) mass is 264 g/mol. The van der Waals surface area contributed by atoms with E-state index in [2.05, 4.69) is 41.2 Å². The number of carbonyl (C=O) groups excluding carboxylic acids is 1. The van der Waals surface area contributed by atoms with E-state index < -0.39 is 0 Å². The van der Waals surface area contributed by atoms with Gasteiger partial charge in [0, 0.05) is 12.3 Å². The predicted molar refractivity (Wildman–Crippen MR) is 83.1 cm³/mol. The van der Waals surface area contributed by atoms with Gasteiger partial charge in [-0.2, -0.15) is 0 Å². The van der Waals surface area contributed by atoms with Gasteiger partial charge in [0.2, 0.25) is 0 Å². The Bertz CT molecular complexity index is 327. The Labute approximate surface area is 119 Å². The van der Waals surface area contributed by atoms with Gasteiger partial charge in [0.05, 0.1) is 0 Å². The maximum atomic E-state index is 12.3. The Morgan fingerprint density at radius 3 is 2.42 bits per heavy atom. The van der Waals surface area contributed by atoms with Crippen LogP contribution in [0.1, 0.15) is 73.1 Å². The molecule has 3 unspecified atom stereocenters. The zero-order valence-electron chi connectivity index (χ0n) is 13.6. The fourth-order valence-corrected chi connectivity index (χ4v) is 3.01. The summed E-state index contributed by atoms with van der Waals surface area (Å²) in [4.78, 5) is 12.3. The van der Waals surface area contributed by atoms with E-state index in [-0.39, 0.29) is 5.92 Å². The van der Waals surface area contributed by atoms with E-state index in [1.807, 2.05) is 0 Å². The Morgan fingerprint density at radius 1 is 1.16 bits per heavy atom. The highest BCUT2D eigenvalue weighted by Gasteiger charge is 2.26. The van der Waals surface area contributed by atoms with Gasteiger partial charge in [-0.25, -0.2) is 0 Å². The lowest BCUT2D eigenvalue weighted by atomic mass is 9.76. The van der Waals surface area contributed by atoms with Crippen LogP contribution >= 0.6 is 0 Å². The van der Waals surface area contributed by atoms with E-state index in [0.717, 1.165) is 19.3 Å². The van der Waals surface area contributed by atoms with Crippen LogP contribution in [0.3, 0.4) is 0 Å². The Hall–Kier alpha value is -0.590. The standard InChI is InChI=1S/C18H32O/c1-13-8-7-10-18(5,6)11-9-17(19)16(4)15(3)12-14(13)2/h13,15-16H,2,7-12H2,1,3-6H3. The van der Waals surface area contributed by atoms with Crippen LogP contribution in [0.15, 0.2) is 12.2 Å². The number of allylic oxidation sites excluding steroid dienone is 1. The van der Waals surface area contributed by atoms with Crippen molar-refractivity contribution in [1.82, 2.24) is 0 Å². The maximum absolute atomic E-state index is 12.3. The van der Waals surface area contributed by atoms with Crippen LogP contribution in [0.4, 0.5) is 0 Å². The van der Waals surface area contributed by atoms with Crippen LogP contribution < -0.4 is 0 Å². The molecule has 1 saturated carbocycles. The lowest BCUT2D eigenvalue weighted by molar-refractivity contribution is -0.124. The number of hydrogen-bond acceptors (Lipinski definition) is 1. The molecule has 1 nitrogen and oxygen atoms in total. The van der Waals surface area contributed by atoms with Crippen LogP contribution in [0, 0.1) is 23.2 Å². The van der Waals surface area contributed by atoms with Crippen molar-refractivity contribution in [3.8, 4) is 0 Å². The smallest absolute Gasteiger partial charge is 0.135 e. The molecular formula is C18H32O. The fraction of sp³-hybridized carbons (Fsp3) is 0.833. The van der Waals surface area contributed by atoms with Crippen molar-refractivity contribution < 1.29 is 4.79 Å². The molecule has 3 atom stereocenters. The number of rotatable bonds is 0. The van der Waals surface area contributed by atoms with Crippen molar-refractivity contribution >= 4 is 5.78 Å². The highest BCUT2D eigenvalue weighted by Crippen LogP contribution is 2.34. The number of hydrogen-bond donors (Lipinski definition) is 0. The highest BCUT2D eigenvalue weighted by molar-refractivity contribution is 5.80. The van der Waals surface area contributed by atoms with Gasteiger partial charge in [0.25, 0.3) is 0 Å². The summed E-state index contributed by atoms with van der Waals surface area (Å²) in [5.41, 5.74) is 1.64. The third kappa shape index (κ3) is 5.12. The molecule has 0 aliphatic heterocycles. The molecule has 0 radical (unpaired) electrons. The molecule has 0 aromatic heterocycles. The maximum Gasteiger partial charge on any atom is 0.135 e. The van der Waals surface area contributed by atoms with Gasteiger partial charge in [0.15, 0.2) is 0 Å². The summed E-state index contributed by atoms with van der Waals surface area (Å²) >= 11 is 0. The van der Waals surface area contributed by atoms with Crippen LogP contribution in [0.5, 0.6) is 0 Å². The van der Waals surface area contributed by atoms with E-state index >= 15 is 0 Å². The molecule has 1 aliphatic carbocycles. The molecule has 1 aliphatic rings. The second kappa shape index (κ2) is 6.72. The number of ketones is 1. The zero-order chi connectivity index (χ0) is 14.6. The first-order chi connectivity index (χ1) is 8.73. The minimum absolute atomic E-state index is 0.180. The SMILES string of the molecule is C=C1CC(C)C(C)C(=O)CCC(C)(C)CCCC1C. The molecule has 0 spiro atoms. The molecule has 0 bridgehead atoms. The van der Waals surface area contributed by atoms with Crippen molar-refractivity contribution in [3.63, 3.8) is 0 Å². The first-order valence-corrected chi connectivity index (χ1v) is 7.93. The normalized spacial score (nSPS) is 34.5. The molecule has 1 heteroatoms. The minimum atomic E-state index is 0.180. The summed E-state index contributed by atoms with van der Waals surface area (Å²) in [6.45, 7) is 15.5. The predicted octanol–water partition coefficient (Wildman–Crippen LogP) is 5.40. The molecule has 0 aromatic carbocycles. The average molecular weight is 264 g/mol. The zero-order valence-corrected chi connectivity index (χ0v) is 13.6. The topological polar surface area (TPSA) is 17.1 Å². The van der Waals surface area contributed by atoms with Crippen molar-refractivity contribution in [2.75, 3.05) is 0 Å². The van der Waals surface area contributed by atoms with Gasteiger partial charge in [-0.3, -0.25) is 4.79 Å². The molecule has 0 heterocycles. The summed E-state index contributed by atoms with van der Waals surface area (Å²) < 4.78 is 0. The van der Waals surface area contributed by atoms with Crippen molar-refractivity contribution in [2.45, 2.75) is 73.1 Å². The van der Waals surface area contributed by atoms with Gasteiger partial charge >= 0.3 is 0 Å². The second-order valence-electron chi connectivity index (χ2n) is 7.55. The summed E-state index contributed by atoms with van der Waals surface area (Å²) in [5, 5.41) is 0. The fourth-order valence-electron chi connectivity index (χ4n) is 3.01. The lowest BCUT2D eigenvalue weighted by Gasteiger charge is -2.29. The average Bonchev–Trinajstić information content (AvgIpc) is 2.33. The number of carbonyl (C=O) groups is 1. The van der Waals surface area contributed by atoms with Crippen LogP contribution in [0.25, 0.3) is 0 Å². The van der Waals surface area contributed by atoms with E-state index in [4.69, 9.17) is 0 Å². The second-order valence-corrected chi connectivity index (χ2v) is 7.55. The van der Waals surface area contributed by atoms with Crippen LogP contribution in [-0.4, -0.2) is 5.78 Å². The largest absolute Gasteiger partial charge is 0.299 e. The summed E-state index contributed by atoms with van der Waals surface area (Å²) in [7, 11) is 0. The molecule has 1 rings (SSSR count). The van der Waals surface area contributed by atoms with Gasteiger partial charge in [0.1, 0.15) is 5.78 Å². The van der Waals surface area contributed by atoms with Gasteiger partial charge in [-0.15, -0.1) is 0 Å². The molecular weight excluding hydrogens is 232 g/mol. The highest BCUT2D eigenvalue weighted by atomic mass is 16.1. The van der Waals surface area contributed by atoms with E-state index in [0.29, 0.717) is 23.0 Å². The van der Waals surface area contributed by atoms with Crippen molar-refractivity contribution in [3.05, 3.63) is 12.2 Å². The van der Waals surface area contributed by atoms with Crippen molar-refractivity contribution in [2.24, 2.45) is 23.2 Å². The van der Waals surface area contributed by atoms with Gasteiger partial charge in [-0.1, -0.05) is 53.2 Å². The van der Waals surface area contributed by atoms with E-state index in [1.165, 1.54) is 24.8 Å². The molecule has 0 aromatic rings. The molecule has 1 fully saturated rings. The van der Waals surface area contributed by atoms with Gasteiger partial charge < -0.3 is 0 Å². The first kappa shape index (κ1) is 16.5. The first-order valence-electron chi connectivity index (χ1n) is 7.93. The Morgan fingerprint density at radius 2 is 1.79 bits per heavy atom. The lowest BCUT2D eigenvalue weighted by Crippen LogP contribution is -2.23. The summed E-state index contributed by atoms with van der Waals surface area (Å²) in [5.74, 6) is 1.66.